The van der Waals surface area contributed by atoms with Crippen molar-refractivity contribution in [1.82, 2.24) is 10.2 Å². The van der Waals surface area contributed by atoms with Crippen molar-refractivity contribution in [3.8, 4) is 5.75 Å². The third-order valence-electron chi connectivity index (χ3n) is 11.7. The second-order valence-electron chi connectivity index (χ2n) is 14.7. The first-order valence-corrected chi connectivity index (χ1v) is 16.0. The molecule has 44 heavy (non-hydrogen) atoms. The van der Waals surface area contributed by atoms with E-state index in [1.807, 2.05) is 0 Å². The maximum atomic E-state index is 13.9. The second kappa shape index (κ2) is 10.0. The molecule has 4 bridgehead atoms. The van der Waals surface area contributed by atoms with Crippen LogP contribution in [0.1, 0.15) is 66.4 Å². The Bertz CT molecular complexity index is 1530. The number of halogens is 1. The van der Waals surface area contributed by atoms with Gasteiger partial charge >= 0.3 is 0 Å². The molecule has 236 valence electrons. The van der Waals surface area contributed by atoms with Crippen molar-refractivity contribution in [1.29, 1.82) is 0 Å². The Morgan fingerprint density at radius 2 is 1.68 bits per heavy atom. The number of allylic oxidation sites excluding steroid dienone is 1. The van der Waals surface area contributed by atoms with Crippen LogP contribution in [0.4, 0.5) is 0 Å². The smallest absolute Gasteiger partial charge is 0.255 e. The highest BCUT2D eigenvalue weighted by atomic mass is 35.5. The Morgan fingerprint density at radius 1 is 1.07 bits per heavy atom. The van der Waals surface area contributed by atoms with Gasteiger partial charge in [0, 0.05) is 29.6 Å². The number of aromatic hydroxyl groups is 1. The summed E-state index contributed by atoms with van der Waals surface area (Å²) in [6.07, 6.45) is 8.10. The summed E-state index contributed by atoms with van der Waals surface area (Å²) in [5, 5.41) is 49.2. The molecule has 10 nitrogen and oxygen atoms in total. The van der Waals surface area contributed by atoms with E-state index in [0.29, 0.717) is 28.1 Å². The normalized spacial score (nSPS) is 37.4. The molecule has 7 aliphatic carbocycles. The van der Waals surface area contributed by atoms with Crippen molar-refractivity contribution in [3.63, 3.8) is 0 Å². The fourth-order valence-corrected chi connectivity index (χ4v) is 10.7. The number of amides is 1. The van der Waals surface area contributed by atoms with E-state index in [1.54, 1.807) is 14.1 Å². The molecule has 4 atom stereocenters. The van der Waals surface area contributed by atoms with Crippen molar-refractivity contribution in [3.05, 3.63) is 50.4 Å². The molecule has 0 aliphatic heterocycles. The number of ketones is 2. The Morgan fingerprint density at radius 3 is 2.25 bits per heavy atom. The summed E-state index contributed by atoms with van der Waals surface area (Å²) in [5.74, 6) is -4.23. The molecule has 0 spiro atoms. The van der Waals surface area contributed by atoms with Crippen LogP contribution in [0.5, 0.6) is 5.75 Å². The first kappa shape index (κ1) is 29.8. The monoisotopic (exact) mass is 625 g/mol. The Kier molecular flexibility index (Phi) is 6.79. The van der Waals surface area contributed by atoms with Crippen LogP contribution < -0.4 is 11.1 Å². The highest BCUT2D eigenvalue weighted by Crippen LogP contribution is 2.60. The number of phenolic OH excluding ortho intramolecular Hbond substituents is 1. The molecule has 0 radical (unpaired) electrons. The van der Waals surface area contributed by atoms with Gasteiger partial charge < -0.3 is 31.5 Å². The third-order valence-corrected chi connectivity index (χ3v) is 12.2. The number of hydrogen-bond acceptors (Lipinski definition) is 9. The van der Waals surface area contributed by atoms with Crippen LogP contribution in [0.3, 0.4) is 0 Å². The van der Waals surface area contributed by atoms with Gasteiger partial charge in [-0.05, 0) is 112 Å². The molecule has 11 heteroatoms. The predicted molar refractivity (Wildman–Crippen MR) is 161 cm³/mol. The number of primary amides is 1. The number of carbonyl (C=O) groups is 3. The molecule has 7 N–H and O–H groups in total. The molecule has 0 heterocycles. The number of likely N-dealkylation sites (N-methyl/N-ethyl adjacent to an activating group) is 1. The zero-order valence-electron chi connectivity index (χ0n) is 25.0. The Labute approximate surface area is 260 Å². The van der Waals surface area contributed by atoms with E-state index < -0.39 is 58.0 Å². The van der Waals surface area contributed by atoms with Crippen LogP contribution in [0.2, 0.25) is 5.02 Å². The van der Waals surface area contributed by atoms with Gasteiger partial charge in [0.2, 0.25) is 5.78 Å². The van der Waals surface area contributed by atoms with Crippen LogP contribution in [0, 0.1) is 35.0 Å². The number of phenols is 1. The summed E-state index contributed by atoms with van der Waals surface area (Å²) < 4.78 is 0. The molecule has 4 fully saturated rings. The van der Waals surface area contributed by atoms with Crippen LogP contribution in [0.25, 0.3) is 0 Å². The van der Waals surface area contributed by atoms with Gasteiger partial charge in [-0.1, -0.05) is 11.6 Å². The molecular formula is C33H40ClN3O7. The van der Waals surface area contributed by atoms with Crippen LogP contribution >= 0.6 is 11.6 Å². The van der Waals surface area contributed by atoms with Crippen LogP contribution in [-0.2, 0) is 22.6 Å². The number of nitrogens with zero attached hydrogens (tertiary/aromatic N) is 1. The standard InChI is InChI=1S/C33H40ClN3O7/c1-37(2)26-20-7-17-6-19-23(27(39)22(17)29(41)33(20,44)30(42)24(28(26)40)31(35)43)21(38)8-18(25(19)34)12-36-13-32-9-14-3-15(10-32)5-16(4-14)11-32/h8,14-17,20,26,36,38,40-41,44H,3-7,9-13H2,1-2H3,(H2,35,43)/t14?,15?,16?,17-,20-,26-,32?,33-/m0/s1. The minimum Gasteiger partial charge on any atom is -0.510 e. The molecular weight excluding hydrogens is 586 g/mol. The molecule has 4 saturated carbocycles. The summed E-state index contributed by atoms with van der Waals surface area (Å²) in [4.78, 5) is 41.0. The van der Waals surface area contributed by atoms with Crippen molar-refractivity contribution in [2.24, 2.45) is 40.7 Å². The van der Waals surface area contributed by atoms with Crippen LogP contribution in [-0.4, -0.2) is 75.1 Å². The fraction of sp³-hybridized carbons (Fsp3) is 0.606. The number of fused-ring (bicyclic) bond motifs is 3. The number of Topliss-reactive ketones (excluding diaryl/α,β-unsaturated/α-hetero) is 2. The number of rotatable bonds is 6. The summed E-state index contributed by atoms with van der Waals surface area (Å²) in [7, 11) is 3.20. The van der Waals surface area contributed by atoms with Crippen molar-refractivity contribution in [2.75, 3.05) is 20.6 Å². The maximum absolute atomic E-state index is 13.9. The zero-order chi connectivity index (χ0) is 31.5. The summed E-state index contributed by atoms with van der Waals surface area (Å²) in [5.41, 5.74) is 3.10. The van der Waals surface area contributed by atoms with Crippen LogP contribution in [0.15, 0.2) is 28.7 Å². The predicted octanol–water partition coefficient (Wildman–Crippen LogP) is 3.08. The van der Waals surface area contributed by atoms with Gasteiger partial charge in [0.15, 0.2) is 11.4 Å². The zero-order valence-corrected chi connectivity index (χ0v) is 25.8. The van der Waals surface area contributed by atoms with Crippen molar-refractivity contribution >= 4 is 29.1 Å². The van der Waals surface area contributed by atoms with Gasteiger partial charge in [0.1, 0.15) is 22.8 Å². The number of nitrogens with one attached hydrogen (secondary N) is 1. The lowest BCUT2D eigenvalue weighted by Crippen LogP contribution is -2.63. The molecule has 1 amide bonds. The first-order valence-electron chi connectivity index (χ1n) is 15.6. The lowest BCUT2D eigenvalue weighted by Gasteiger charge is -2.57. The quantitative estimate of drug-likeness (QED) is 0.260. The molecule has 7 aliphatic rings. The molecule has 0 aromatic heterocycles. The van der Waals surface area contributed by atoms with Crippen molar-refractivity contribution < 1.29 is 34.8 Å². The first-order chi connectivity index (χ1) is 20.8. The van der Waals surface area contributed by atoms with E-state index in [1.165, 1.54) is 49.5 Å². The van der Waals surface area contributed by atoms with Crippen molar-refractivity contribution in [2.45, 2.75) is 69.6 Å². The molecule has 8 rings (SSSR count). The fourth-order valence-electron chi connectivity index (χ4n) is 10.5. The van der Waals surface area contributed by atoms with Gasteiger partial charge in [-0.25, -0.2) is 0 Å². The van der Waals surface area contributed by atoms with E-state index >= 15 is 0 Å². The topological polar surface area (TPSA) is 173 Å². The van der Waals surface area contributed by atoms with E-state index in [9.17, 15) is 34.8 Å². The average Bonchev–Trinajstić information content (AvgIpc) is 2.92. The van der Waals surface area contributed by atoms with Gasteiger partial charge in [-0.15, -0.1) is 0 Å². The summed E-state index contributed by atoms with van der Waals surface area (Å²) in [6, 6.07) is 0.438. The molecule has 1 aromatic rings. The molecule has 0 unspecified atom stereocenters. The van der Waals surface area contributed by atoms with E-state index in [2.05, 4.69) is 5.32 Å². The number of hydrogen-bond donors (Lipinski definition) is 6. The van der Waals surface area contributed by atoms with Gasteiger partial charge in [-0.2, -0.15) is 0 Å². The highest BCUT2D eigenvalue weighted by Gasteiger charge is 2.63. The maximum Gasteiger partial charge on any atom is 0.255 e. The summed E-state index contributed by atoms with van der Waals surface area (Å²) >= 11 is 6.94. The lowest BCUT2D eigenvalue weighted by atomic mass is 9.49. The minimum atomic E-state index is -2.66. The number of benzene rings is 1. The third kappa shape index (κ3) is 4.13. The average molecular weight is 626 g/mol. The number of nitrogens with two attached hydrogens (primary N) is 1. The number of aliphatic hydroxyl groups is 3. The molecule has 1 aromatic carbocycles. The van der Waals surface area contributed by atoms with Gasteiger partial charge in [0.05, 0.1) is 11.6 Å². The largest absolute Gasteiger partial charge is 0.510 e. The Balaban J connectivity index is 1.20. The van der Waals surface area contributed by atoms with Gasteiger partial charge in [0.25, 0.3) is 5.91 Å². The van der Waals surface area contributed by atoms with E-state index in [0.717, 1.165) is 24.3 Å². The summed E-state index contributed by atoms with van der Waals surface area (Å²) in [6.45, 7) is 1.32. The van der Waals surface area contributed by atoms with E-state index in [-0.39, 0.29) is 29.7 Å². The minimum absolute atomic E-state index is 0.0251. The van der Waals surface area contributed by atoms with Gasteiger partial charge in [-0.3, -0.25) is 19.3 Å². The lowest BCUT2D eigenvalue weighted by molar-refractivity contribution is -0.148. The second-order valence-corrected chi connectivity index (χ2v) is 15.1. The Hall–Kier alpha value is -2.92. The SMILES string of the molecule is CN(C)[C@@H]1C(O)=C(C(N)=O)C(=O)[C@@]2(O)C(O)=C3C(=O)c4c(O)cc(CNCC56CC7CC(CC(C7)C5)C6)c(Cl)c4C[C@H]3C[C@@H]12. The number of carbonyl (C=O) groups excluding carboxylic acids is 3. The van der Waals surface area contributed by atoms with E-state index in [4.69, 9.17) is 17.3 Å². The number of aliphatic hydroxyl groups excluding tert-OH is 2. The highest BCUT2D eigenvalue weighted by molar-refractivity contribution is 6.33. The molecule has 0 saturated heterocycles.